The van der Waals surface area contributed by atoms with Gasteiger partial charge in [-0.15, -0.1) is 0 Å². The predicted molar refractivity (Wildman–Crippen MR) is 75.8 cm³/mol. The number of hydrogen-bond donors (Lipinski definition) is 3. The van der Waals surface area contributed by atoms with Crippen LogP contribution >= 0.6 is 0 Å². The lowest BCUT2D eigenvalue weighted by Crippen LogP contribution is -2.18. The van der Waals surface area contributed by atoms with Crippen LogP contribution in [0.4, 0.5) is 11.6 Å². The van der Waals surface area contributed by atoms with Gasteiger partial charge in [-0.1, -0.05) is 6.92 Å². The molecule has 0 aromatic carbocycles. The Labute approximate surface area is 115 Å². The third-order valence-electron chi connectivity index (χ3n) is 2.52. The minimum absolute atomic E-state index is 0.278. The standard InChI is InChI=1S/C13H15N5O2/c1-2-7-14-12-9(4-3-8-15-12)13(20)16-10-5-6-11(19)18-17-10/h3-6,8H,2,7H2,1H3,(H,14,15)(H,18,19)(H,16,17,20). The van der Waals surface area contributed by atoms with Gasteiger partial charge in [-0.05, 0) is 24.6 Å². The van der Waals surface area contributed by atoms with Crippen LogP contribution in [0.1, 0.15) is 23.7 Å². The lowest BCUT2D eigenvalue weighted by molar-refractivity contribution is 0.102. The van der Waals surface area contributed by atoms with Crippen LogP contribution in [0.15, 0.2) is 35.3 Å². The van der Waals surface area contributed by atoms with E-state index in [-0.39, 0.29) is 17.3 Å². The summed E-state index contributed by atoms with van der Waals surface area (Å²) in [5.74, 6) is 0.465. The number of H-pyrrole nitrogens is 1. The first kappa shape index (κ1) is 13.7. The fraction of sp³-hybridized carbons (Fsp3) is 0.231. The summed E-state index contributed by atoms with van der Waals surface area (Å²) < 4.78 is 0. The number of pyridine rings is 1. The molecular formula is C13H15N5O2. The van der Waals surface area contributed by atoms with E-state index >= 15 is 0 Å². The van der Waals surface area contributed by atoms with Crippen LogP contribution in [0.3, 0.4) is 0 Å². The highest BCUT2D eigenvalue weighted by Crippen LogP contribution is 2.13. The van der Waals surface area contributed by atoms with Gasteiger partial charge in [-0.25, -0.2) is 10.1 Å². The van der Waals surface area contributed by atoms with Crippen molar-refractivity contribution in [2.75, 3.05) is 17.2 Å². The van der Waals surface area contributed by atoms with E-state index in [4.69, 9.17) is 0 Å². The molecule has 0 aliphatic rings. The molecule has 0 bridgehead atoms. The molecule has 20 heavy (non-hydrogen) atoms. The van der Waals surface area contributed by atoms with Gasteiger partial charge in [0, 0.05) is 18.8 Å². The zero-order valence-corrected chi connectivity index (χ0v) is 11.0. The lowest BCUT2D eigenvalue weighted by Gasteiger charge is -2.09. The molecule has 0 aliphatic carbocycles. The number of rotatable bonds is 5. The number of carbonyl (C=O) groups excluding carboxylic acids is 1. The molecule has 0 spiro atoms. The minimum atomic E-state index is -0.337. The van der Waals surface area contributed by atoms with Gasteiger partial charge < -0.3 is 10.6 Å². The summed E-state index contributed by atoms with van der Waals surface area (Å²) in [6.07, 6.45) is 2.55. The van der Waals surface area contributed by atoms with Crippen molar-refractivity contribution >= 4 is 17.5 Å². The fourth-order valence-electron chi connectivity index (χ4n) is 1.57. The number of carbonyl (C=O) groups is 1. The molecule has 104 valence electrons. The van der Waals surface area contributed by atoms with E-state index in [0.29, 0.717) is 11.4 Å². The van der Waals surface area contributed by atoms with E-state index < -0.39 is 0 Å². The van der Waals surface area contributed by atoms with Crippen molar-refractivity contribution in [3.05, 3.63) is 46.4 Å². The summed E-state index contributed by atoms with van der Waals surface area (Å²) in [7, 11) is 0. The number of amides is 1. The van der Waals surface area contributed by atoms with Gasteiger partial charge in [0.2, 0.25) is 0 Å². The van der Waals surface area contributed by atoms with Crippen molar-refractivity contribution in [1.29, 1.82) is 0 Å². The number of nitrogens with zero attached hydrogens (tertiary/aromatic N) is 2. The lowest BCUT2D eigenvalue weighted by atomic mass is 10.2. The van der Waals surface area contributed by atoms with Gasteiger partial charge >= 0.3 is 0 Å². The third kappa shape index (κ3) is 3.41. The van der Waals surface area contributed by atoms with E-state index in [2.05, 4.69) is 25.8 Å². The van der Waals surface area contributed by atoms with E-state index in [1.54, 1.807) is 18.3 Å². The quantitative estimate of drug-likeness (QED) is 0.761. The van der Waals surface area contributed by atoms with Crippen LogP contribution < -0.4 is 16.2 Å². The normalized spacial score (nSPS) is 10.1. The van der Waals surface area contributed by atoms with Crippen LogP contribution in [-0.4, -0.2) is 27.6 Å². The molecule has 0 saturated heterocycles. The summed E-state index contributed by atoms with van der Waals surface area (Å²) in [4.78, 5) is 27.2. The number of hydrogen-bond acceptors (Lipinski definition) is 5. The summed E-state index contributed by atoms with van der Waals surface area (Å²) in [5, 5.41) is 11.7. The van der Waals surface area contributed by atoms with Crippen LogP contribution in [0.2, 0.25) is 0 Å². The summed E-state index contributed by atoms with van der Waals surface area (Å²) in [6.45, 7) is 2.76. The molecule has 2 rings (SSSR count). The average Bonchev–Trinajstić information content (AvgIpc) is 2.47. The zero-order chi connectivity index (χ0) is 14.4. The molecular weight excluding hydrogens is 258 g/mol. The van der Waals surface area contributed by atoms with Gasteiger partial charge in [0.1, 0.15) is 5.82 Å². The first-order valence-corrected chi connectivity index (χ1v) is 6.26. The Morgan fingerprint density at radius 2 is 2.20 bits per heavy atom. The van der Waals surface area contributed by atoms with E-state index in [1.165, 1.54) is 12.1 Å². The Balaban J connectivity index is 2.16. The van der Waals surface area contributed by atoms with Gasteiger partial charge in [-0.2, -0.15) is 5.10 Å². The minimum Gasteiger partial charge on any atom is -0.369 e. The second-order valence-corrected chi connectivity index (χ2v) is 4.09. The average molecular weight is 273 g/mol. The smallest absolute Gasteiger partial charge is 0.264 e. The van der Waals surface area contributed by atoms with Crippen LogP contribution in [-0.2, 0) is 0 Å². The molecule has 2 aromatic heterocycles. The molecule has 0 radical (unpaired) electrons. The van der Waals surface area contributed by atoms with Gasteiger partial charge in [-0.3, -0.25) is 9.59 Å². The SMILES string of the molecule is CCCNc1ncccc1C(=O)Nc1ccc(=O)[nH]n1. The molecule has 3 N–H and O–H groups in total. The third-order valence-corrected chi connectivity index (χ3v) is 2.52. The Morgan fingerprint density at radius 1 is 1.35 bits per heavy atom. The number of aromatic amines is 1. The molecule has 0 unspecified atom stereocenters. The van der Waals surface area contributed by atoms with Crippen molar-refractivity contribution in [3.8, 4) is 0 Å². The Hall–Kier alpha value is -2.70. The molecule has 2 aromatic rings. The Morgan fingerprint density at radius 3 is 2.90 bits per heavy atom. The van der Waals surface area contributed by atoms with Crippen LogP contribution in [0, 0.1) is 0 Å². The Kier molecular flexibility index (Phi) is 4.43. The molecule has 7 nitrogen and oxygen atoms in total. The van der Waals surface area contributed by atoms with Crippen molar-refractivity contribution in [2.45, 2.75) is 13.3 Å². The summed E-state index contributed by atoms with van der Waals surface area (Å²) in [6, 6.07) is 6.09. The molecule has 1 amide bonds. The Bertz CT molecular complexity index is 633. The molecule has 0 saturated carbocycles. The summed E-state index contributed by atoms with van der Waals surface area (Å²) >= 11 is 0. The van der Waals surface area contributed by atoms with Crippen molar-refractivity contribution in [3.63, 3.8) is 0 Å². The topological polar surface area (TPSA) is 99.8 Å². The highest BCUT2D eigenvalue weighted by Gasteiger charge is 2.12. The molecule has 0 aliphatic heterocycles. The predicted octanol–water partition coefficient (Wildman–Crippen LogP) is 1.24. The highest BCUT2D eigenvalue weighted by atomic mass is 16.2. The van der Waals surface area contributed by atoms with Crippen LogP contribution in [0.25, 0.3) is 0 Å². The molecule has 0 atom stereocenters. The van der Waals surface area contributed by atoms with E-state index in [9.17, 15) is 9.59 Å². The second-order valence-electron chi connectivity index (χ2n) is 4.09. The highest BCUT2D eigenvalue weighted by molar-refractivity contribution is 6.06. The van der Waals surface area contributed by atoms with Gasteiger partial charge in [0.25, 0.3) is 11.5 Å². The van der Waals surface area contributed by atoms with Crippen LogP contribution in [0.5, 0.6) is 0 Å². The largest absolute Gasteiger partial charge is 0.369 e. The molecule has 0 fully saturated rings. The van der Waals surface area contributed by atoms with Crippen molar-refractivity contribution in [1.82, 2.24) is 15.2 Å². The van der Waals surface area contributed by atoms with Crippen molar-refractivity contribution in [2.24, 2.45) is 0 Å². The first-order valence-electron chi connectivity index (χ1n) is 6.26. The van der Waals surface area contributed by atoms with Gasteiger partial charge in [0.15, 0.2) is 5.82 Å². The number of aromatic nitrogens is 3. The first-order chi connectivity index (χ1) is 9.70. The van der Waals surface area contributed by atoms with Gasteiger partial charge in [0.05, 0.1) is 5.56 Å². The monoisotopic (exact) mass is 273 g/mol. The molecule has 2 heterocycles. The second kappa shape index (κ2) is 6.46. The summed E-state index contributed by atoms with van der Waals surface area (Å²) in [5.41, 5.74) is 0.101. The number of anilines is 2. The van der Waals surface area contributed by atoms with E-state index in [0.717, 1.165) is 13.0 Å². The zero-order valence-electron chi connectivity index (χ0n) is 11.0. The maximum atomic E-state index is 12.2. The number of nitrogens with one attached hydrogen (secondary N) is 3. The fourth-order valence-corrected chi connectivity index (χ4v) is 1.57. The maximum Gasteiger partial charge on any atom is 0.264 e. The van der Waals surface area contributed by atoms with Crippen molar-refractivity contribution < 1.29 is 4.79 Å². The molecule has 7 heteroatoms. The maximum absolute atomic E-state index is 12.2. The van der Waals surface area contributed by atoms with E-state index in [1.807, 2.05) is 6.92 Å².